The molecule has 2 amide bonds. The van der Waals surface area contributed by atoms with Crippen LogP contribution in [-0.2, 0) is 4.79 Å². The van der Waals surface area contributed by atoms with Crippen molar-refractivity contribution in [2.24, 2.45) is 5.92 Å². The van der Waals surface area contributed by atoms with Crippen molar-refractivity contribution < 1.29 is 14.7 Å². The molecule has 108 valence electrons. The van der Waals surface area contributed by atoms with Crippen LogP contribution in [0.1, 0.15) is 45.4 Å². The summed E-state index contributed by atoms with van der Waals surface area (Å²) >= 11 is 0. The Morgan fingerprint density at radius 3 is 2.58 bits per heavy atom. The lowest BCUT2D eigenvalue weighted by molar-refractivity contribution is -0.143. The highest BCUT2D eigenvalue weighted by Gasteiger charge is 2.32. The topological polar surface area (TPSA) is 60.9 Å². The molecule has 2 heterocycles. The molecule has 0 aromatic carbocycles. The lowest BCUT2D eigenvalue weighted by atomic mass is 9.98. The average molecular weight is 268 g/mol. The number of carboxylic acids is 1. The zero-order valence-electron chi connectivity index (χ0n) is 11.7. The Morgan fingerprint density at radius 2 is 1.84 bits per heavy atom. The summed E-state index contributed by atoms with van der Waals surface area (Å²) in [5.41, 5.74) is 0. The maximum absolute atomic E-state index is 12.5. The van der Waals surface area contributed by atoms with Gasteiger partial charge in [-0.2, -0.15) is 0 Å². The number of rotatable bonds is 1. The zero-order chi connectivity index (χ0) is 13.8. The summed E-state index contributed by atoms with van der Waals surface area (Å²) in [7, 11) is 0. The Kier molecular flexibility index (Phi) is 4.66. The highest BCUT2D eigenvalue weighted by Crippen LogP contribution is 2.22. The quantitative estimate of drug-likeness (QED) is 0.792. The second kappa shape index (κ2) is 6.26. The third-order valence-corrected chi connectivity index (χ3v) is 4.34. The highest BCUT2D eigenvalue weighted by atomic mass is 16.4. The van der Waals surface area contributed by atoms with Crippen LogP contribution in [0, 0.1) is 5.92 Å². The molecule has 2 aliphatic rings. The van der Waals surface area contributed by atoms with E-state index in [4.69, 9.17) is 5.11 Å². The van der Waals surface area contributed by atoms with Gasteiger partial charge in [0.05, 0.1) is 5.92 Å². The van der Waals surface area contributed by atoms with Crippen LogP contribution in [0.5, 0.6) is 0 Å². The number of carbonyl (C=O) groups is 2. The first kappa shape index (κ1) is 14.2. The van der Waals surface area contributed by atoms with E-state index < -0.39 is 5.97 Å². The number of carbonyl (C=O) groups excluding carboxylic acids is 1. The molecule has 0 aromatic rings. The van der Waals surface area contributed by atoms with Crippen molar-refractivity contribution >= 4 is 12.0 Å². The molecule has 19 heavy (non-hydrogen) atoms. The molecule has 0 aromatic heterocycles. The number of hydrogen-bond acceptors (Lipinski definition) is 2. The Hall–Kier alpha value is -1.26. The van der Waals surface area contributed by atoms with Crippen LogP contribution in [-0.4, -0.2) is 52.6 Å². The first-order valence-corrected chi connectivity index (χ1v) is 7.38. The van der Waals surface area contributed by atoms with E-state index in [0.717, 1.165) is 25.8 Å². The average Bonchev–Trinajstić information content (AvgIpc) is 2.63. The number of aliphatic carboxylic acids is 1. The van der Waals surface area contributed by atoms with Crippen LogP contribution in [0.4, 0.5) is 4.79 Å². The van der Waals surface area contributed by atoms with Gasteiger partial charge in [0.2, 0.25) is 0 Å². The molecule has 2 atom stereocenters. The summed E-state index contributed by atoms with van der Waals surface area (Å²) in [6.45, 7) is 3.99. The smallest absolute Gasteiger partial charge is 0.320 e. The van der Waals surface area contributed by atoms with Crippen LogP contribution < -0.4 is 0 Å². The lowest BCUT2D eigenvalue weighted by Crippen LogP contribution is -2.51. The summed E-state index contributed by atoms with van der Waals surface area (Å²) < 4.78 is 0. The number of hydrogen-bond donors (Lipinski definition) is 1. The maximum Gasteiger partial charge on any atom is 0.320 e. The molecule has 2 rings (SSSR count). The molecule has 5 heteroatoms. The van der Waals surface area contributed by atoms with Crippen molar-refractivity contribution in [3.63, 3.8) is 0 Å². The molecule has 1 N–H and O–H groups in total. The van der Waals surface area contributed by atoms with Gasteiger partial charge in [-0.15, -0.1) is 0 Å². The maximum atomic E-state index is 12.5. The van der Waals surface area contributed by atoms with Gasteiger partial charge in [-0.25, -0.2) is 4.79 Å². The molecular weight excluding hydrogens is 244 g/mol. The molecule has 0 bridgehead atoms. The Bertz CT molecular complexity index is 346. The molecule has 0 saturated carbocycles. The van der Waals surface area contributed by atoms with Crippen LogP contribution in [0.25, 0.3) is 0 Å². The van der Waals surface area contributed by atoms with Crippen molar-refractivity contribution in [3.05, 3.63) is 0 Å². The predicted octanol–water partition coefficient (Wildman–Crippen LogP) is 2.17. The number of nitrogens with zero attached hydrogens (tertiary/aromatic N) is 2. The first-order valence-electron chi connectivity index (χ1n) is 7.38. The van der Waals surface area contributed by atoms with Crippen LogP contribution in [0.2, 0.25) is 0 Å². The molecule has 2 fully saturated rings. The number of likely N-dealkylation sites (tertiary alicyclic amines) is 2. The monoisotopic (exact) mass is 268 g/mol. The number of urea groups is 1. The van der Waals surface area contributed by atoms with E-state index in [1.807, 2.05) is 4.90 Å². The van der Waals surface area contributed by atoms with Crippen LogP contribution in [0.15, 0.2) is 0 Å². The predicted molar refractivity (Wildman–Crippen MR) is 72.0 cm³/mol. The molecular formula is C14H24N2O3. The van der Waals surface area contributed by atoms with Crippen molar-refractivity contribution in [1.29, 1.82) is 0 Å². The van der Waals surface area contributed by atoms with Gasteiger partial charge in [0.25, 0.3) is 0 Å². The summed E-state index contributed by atoms with van der Waals surface area (Å²) in [4.78, 5) is 27.3. The Labute approximate surface area is 114 Å². The van der Waals surface area contributed by atoms with E-state index in [0.29, 0.717) is 19.5 Å². The summed E-state index contributed by atoms with van der Waals surface area (Å²) in [5.74, 6) is -1.17. The molecule has 5 nitrogen and oxygen atoms in total. The minimum atomic E-state index is -0.776. The van der Waals surface area contributed by atoms with Crippen molar-refractivity contribution in [2.75, 3.05) is 19.6 Å². The van der Waals surface area contributed by atoms with Gasteiger partial charge in [0, 0.05) is 25.7 Å². The van der Waals surface area contributed by atoms with E-state index in [1.165, 1.54) is 12.8 Å². The largest absolute Gasteiger partial charge is 0.481 e. The fourth-order valence-electron chi connectivity index (χ4n) is 3.09. The second-order valence-electron chi connectivity index (χ2n) is 5.80. The molecule has 2 aliphatic heterocycles. The van der Waals surface area contributed by atoms with Gasteiger partial charge in [0.15, 0.2) is 0 Å². The Balaban J connectivity index is 1.99. The van der Waals surface area contributed by atoms with Gasteiger partial charge in [0.1, 0.15) is 0 Å². The third-order valence-electron chi connectivity index (χ3n) is 4.34. The summed E-state index contributed by atoms with van der Waals surface area (Å²) in [6, 6.07) is 0.320. The normalized spacial score (nSPS) is 28.9. The van der Waals surface area contributed by atoms with E-state index in [9.17, 15) is 9.59 Å². The van der Waals surface area contributed by atoms with E-state index in [2.05, 4.69) is 6.92 Å². The van der Waals surface area contributed by atoms with Gasteiger partial charge in [-0.05, 0) is 32.6 Å². The van der Waals surface area contributed by atoms with E-state index in [-0.39, 0.29) is 18.0 Å². The number of amides is 2. The molecule has 2 saturated heterocycles. The highest BCUT2D eigenvalue weighted by molar-refractivity contribution is 5.77. The van der Waals surface area contributed by atoms with E-state index in [1.54, 1.807) is 4.90 Å². The lowest BCUT2D eigenvalue weighted by Gasteiger charge is -2.37. The van der Waals surface area contributed by atoms with Crippen LogP contribution in [0.3, 0.4) is 0 Å². The van der Waals surface area contributed by atoms with Crippen molar-refractivity contribution in [2.45, 2.75) is 51.5 Å². The van der Waals surface area contributed by atoms with Gasteiger partial charge < -0.3 is 14.9 Å². The SMILES string of the molecule is CC1CCCCCN1C(=O)N1CCC[C@H](C(=O)O)C1. The molecule has 0 radical (unpaired) electrons. The van der Waals surface area contributed by atoms with Crippen LogP contribution >= 0.6 is 0 Å². The number of piperidine rings is 1. The summed E-state index contributed by atoms with van der Waals surface area (Å²) in [6.07, 6.45) is 5.97. The fraction of sp³-hybridized carbons (Fsp3) is 0.857. The zero-order valence-corrected chi connectivity index (χ0v) is 11.7. The number of carboxylic acid groups (broad SMARTS) is 1. The minimum Gasteiger partial charge on any atom is -0.481 e. The van der Waals surface area contributed by atoms with Crippen molar-refractivity contribution in [3.8, 4) is 0 Å². The molecule has 0 aliphatic carbocycles. The summed E-state index contributed by atoms with van der Waals surface area (Å²) in [5, 5.41) is 9.09. The molecule has 1 unspecified atom stereocenters. The second-order valence-corrected chi connectivity index (χ2v) is 5.80. The van der Waals surface area contributed by atoms with Gasteiger partial charge in [-0.3, -0.25) is 4.79 Å². The van der Waals surface area contributed by atoms with E-state index >= 15 is 0 Å². The molecule has 0 spiro atoms. The first-order chi connectivity index (χ1) is 9.09. The standard InChI is InChI=1S/C14H24N2O3/c1-11-6-3-2-4-9-16(11)14(19)15-8-5-7-12(10-15)13(17)18/h11-12H,2-10H2,1H3,(H,17,18)/t11?,12-/m0/s1. The van der Waals surface area contributed by atoms with Crippen molar-refractivity contribution in [1.82, 2.24) is 9.80 Å². The van der Waals surface area contributed by atoms with Gasteiger partial charge in [-0.1, -0.05) is 12.8 Å². The minimum absolute atomic E-state index is 0.0420. The fourth-order valence-corrected chi connectivity index (χ4v) is 3.09. The Morgan fingerprint density at radius 1 is 1.05 bits per heavy atom. The van der Waals surface area contributed by atoms with Gasteiger partial charge >= 0.3 is 12.0 Å². The third kappa shape index (κ3) is 3.39.